The maximum atomic E-state index is 5.10. The maximum Gasteiger partial charge on any atom is 0.157 e. The Morgan fingerprint density at radius 1 is 1.30 bits per heavy atom. The average Bonchev–Trinajstić information content (AvgIpc) is 2.95. The first-order valence-corrected chi connectivity index (χ1v) is 9.59. The minimum Gasteiger partial charge on any atom is -0.359 e. The van der Waals surface area contributed by atoms with Crippen LogP contribution >= 0.6 is 11.8 Å². The Bertz CT molecular complexity index is 381. The Balaban J connectivity index is 1.63. The molecule has 3 heteroatoms. The number of amidine groups is 1. The molecule has 0 aromatic heterocycles. The van der Waals surface area contributed by atoms with E-state index in [4.69, 9.17) is 4.99 Å². The summed E-state index contributed by atoms with van der Waals surface area (Å²) in [6.07, 6.45) is 9.50. The summed E-state index contributed by atoms with van der Waals surface area (Å²) in [5, 5.41) is 5.09. The Morgan fingerprint density at radius 3 is 2.85 bits per heavy atom. The van der Waals surface area contributed by atoms with E-state index < -0.39 is 0 Å². The Labute approximate surface area is 128 Å². The quantitative estimate of drug-likeness (QED) is 0.813. The highest BCUT2D eigenvalue weighted by Gasteiger charge is 2.41. The molecule has 0 amide bonds. The van der Waals surface area contributed by atoms with Gasteiger partial charge in [-0.25, -0.2) is 0 Å². The predicted octanol–water partition coefficient (Wildman–Crippen LogP) is 4.45. The van der Waals surface area contributed by atoms with E-state index >= 15 is 0 Å². The molecule has 2 nitrogen and oxygen atoms in total. The van der Waals surface area contributed by atoms with E-state index in [0.29, 0.717) is 11.6 Å². The third kappa shape index (κ3) is 2.88. The lowest BCUT2D eigenvalue weighted by molar-refractivity contribution is 0.242. The SMILES string of the molecule is CCC1CCC(N=C2NC3(CCCC(C)C3)CS2)C1C. The van der Waals surface area contributed by atoms with Crippen LogP contribution in [0.3, 0.4) is 0 Å². The highest BCUT2D eigenvalue weighted by Crippen LogP contribution is 2.40. The Morgan fingerprint density at radius 2 is 2.15 bits per heavy atom. The summed E-state index contributed by atoms with van der Waals surface area (Å²) in [4.78, 5) is 5.10. The van der Waals surface area contributed by atoms with Crippen LogP contribution in [0.4, 0.5) is 0 Å². The van der Waals surface area contributed by atoms with Crippen molar-refractivity contribution in [1.82, 2.24) is 5.32 Å². The summed E-state index contributed by atoms with van der Waals surface area (Å²) in [7, 11) is 0. The van der Waals surface area contributed by atoms with Crippen molar-refractivity contribution < 1.29 is 0 Å². The lowest BCUT2D eigenvalue weighted by Crippen LogP contribution is -2.47. The molecule has 5 unspecified atom stereocenters. The number of hydrogen-bond donors (Lipinski definition) is 1. The first-order chi connectivity index (χ1) is 9.62. The van der Waals surface area contributed by atoms with Gasteiger partial charge in [0.05, 0.1) is 6.04 Å². The van der Waals surface area contributed by atoms with Crippen molar-refractivity contribution in [2.45, 2.75) is 77.3 Å². The van der Waals surface area contributed by atoms with Crippen molar-refractivity contribution in [3.63, 3.8) is 0 Å². The summed E-state index contributed by atoms with van der Waals surface area (Å²) >= 11 is 1.99. The minimum absolute atomic E-state index is 0.382. The van der Waals surface area contributed by atoms with Gasteiger partial charge in [-0.3, -0.25) is 4.99 Å². The zero-order valence-corrected chi connectivity index (χ0v) is 14.1. The summed E-state index contributed by atoms with van der Waals surface area (Å²) < 4.78 is 0. The number of hydrogen-bond acceptors (Lipinski definition) is 2. The molecular weight excluding hydrogens is 264 g/mol. The molecule has 114 valence electrons. The van der Waals surface area contributed by atoms with Gasteiger partial charge in [-0.1, -0.05) is 51.8 Å². The van der Waals surface area contributed by atoms with Gasteiger partial charge in [-0.15, -0.1) is 0 Å². The van der Waals surface area contributed by atoms with Gasteiger partial charge in [0, 0.05) is 11.3 Å². The molecule has 1 spiro atoms. The predicted molar refractivity (Wildman–Crippen MR) is 89.4 cm³/mol. The minimum atomic E-state index is 0.382. The third-order valence-corrected chi connectivity index (χ3v) is 7.12. The largest absolute Gasteiger partial charge is 0.359 e. The molecule has 1 aliphatic heterocycles. The number of rotatable bonds is 2. The van der Waals surface area contributed by atoms with Crippen molar-refractivity contribution in [3.8, 4) is 0 Å². The molecule has 2 aliphatic carbocycles. The molecule has 2 saturated carbocycles. The van der Waals surface area contributed by atoms with Crippen LogP contribution in [0.25, 0.3) is 0 Å². The van der Waals surface area contributed by atoms with Gasteiger partial charge in [0.25, 0.3) is 0 Å². The fraction of sp³-hybridized carbons (Fsp3) is 0.941. The molecule has 20 heavy (non-hydrogen) atoms. The summed E-state index contributed by atoms with van der Waals surface area (Å²) in [5.74, 6) is 3.80. The molecule has 0 radical (unpaired) electrons. The fourth-order valence-corrected chi connectivity index (χ4v) is 5.86. The van der Waals surface area contributed by atoms with Crippen molar-refractivity contribution in [2.75, 3.05) is 5.75 Å². The highest BCUT2D eigenvalue weighted by atomic mass is 32.2. The number of thioether (sulfide) groups is 1. The molecule has 0 aromatic rings. The molecule has 1 saturated heterocycles. The van der Waals surface area contributed by atoms with E-state index in [1.54, 1.807) is 0 Å². The van der Waals surface area contributed by atoms with E-state index in [-0.39, 0.29) is 0 Å². The van der Waals surface area contributed by atoms with Gasteiger partial charge in [0.1, 0.15) is 0 Å². The van der Waals surface area contributed by atoms with Crippen molar-refractivity contribution >= 4 is 16.9 Å². The van der Waals surface area contributed by atoms with E-state index in [1.807, 2.05) is 11.8 Å². The Hall–Kier alpha value is -0.180. The summed E-state index contributed by atoms with van der Waals surface area (Å²) in [5.41, 5.74) is 0.382. The second-order valence-corrected chi connectivity index (χ2v) is 8.47. The second kappa shape index (κ2) is 5.90. The maximum absolute atomic E-state index is 5.10. The molecule has 3 rings (SSSR count). The van der Waals surface area contributed by atoms with Gasteiger partial charge in [-0.2, -0.15) is 0 Å². The van der Waals surface area contributed by atoms with Gasteiger partial charge in [0.2, 0.25) is 0 Å². The van der Waals surface area contributed by atoms with Crippen LogP contribution < -0.4 is 5.32 Å². The Kier molecular flexibility index (Phi) is 4.35. The molecule has 1 heterocycles. The molecule has 3 fully saturated rings. The van der Waals surface area contributed by atoms with Gasteiger partial charge < -0.3 is 5.32 Å². The first kappa shape index (κ1) is 14.7. The van der Waals surface area contributed by atoms with E-state index in [9.17, 15) is 0 Å². The first-order valence-electron chi connectivity index (χ1n) is 8.60. The van der Waals surface area contributed by atoms with Crippen LogP contribution in [-0.4, -0.2) is 22.5 Å². The molecular formula is C17H30N2S. The lowest BCUT2D eigenvalue weighted by atomic mass is 9.78. The van der Waals surface area contributed by atoms with E-state index in [0.717, 1.165) is 17.8 Å². The molecule has 0 bridgehead atoms. The average molecular weight is 295 g/mol. The molecule has 1 N–H and O–H groups in total. The van der Waals surface area contributed by atoms with E-state index in [2.05, 4.69) is 26.1 Å². The van der Waals surface area contributed by atoms with Crippen molar-refractivity contribution in [1.29, 1.82) is 0 Å². The number of nitrogens with one attached hydrogen (secondary N) is 1. The summed E-state index contributed by atoms with van der Waals surface area (Å²) in [6, 6.07) is 0.575. The molecule has 0 aromatic carbocycles. The second-order valence-electron chi connectivity index (χ2n) is 7.50. The normalized spacial score (nSPS) is 47.0. The number of aliphatic imine (C=N–C) groups is 1. The van der Waals surface area contributed by atoms with Crippen molar-refractivity contribution in [3.05, 3.63) is 0 Å². The third-order valence-electron chi connectivity index (χ3n) is 5.94. The van der Waals surface area contributed by atoms with Crippen LogP contribution in [0.5, 0.6) is 0 Å². The van der Waals surface area contributed by atoms with Gasteiger partial charge in [-0.05, 0) is 43.4 Å². The van der Waals surface area contributed by atoms with Crippen molar-refractivity contribution in [2.24, 2.45) is 22.7 Å². The topological polar surface area (TPSA) is 24.4 Å². The van der Waals surface area contributed by atoms with Crippen LogP contribution in [0, 0.1) is 17.8 Å². The van der Waals surface area contributed by atoms with Gasteiger partial charge >= 0.3 is 0 Å². The van der Waals surface area contributed by atoms with E-state index in [1.165, 1.54) is 55.9 Å². The smallest absolute Gasteiger partial charge is 0.157 e. The van der Waals surface area contributed by atoms with Gasteiger partial charge in [0.15, 0.2) is 5.17 Å². The van der Waals surface area contributed by atoms with Crippen LogP contribution in [0.15, 0.2) is 4.99 Å². The molecule has 3 aliphatic rings. The molecule has 5 atom stereocenters. The lowest BCUT2D eigenvalue weighted by Gasteiger charge is -2.36. The summed E-state index contributed by atoms with van der Waals surface area (Å²) in [6.45, 7) is 7.15. The van der Waals surface area contributed by atoms with Crippen LogP contribution in [0.2, 0.25) is 0 Å². The monoisotopic (exact) mass is 294 g/mol. The van der Waals surface area contributed by atoms with Crippen LogP contribution in [0.1, 0.15) is 65.7 Å². The highest BCUT2D eigenvalue weighted by molar-refractivity contribution is 8.14. The standard InChI is InChI=1S/C17H30N2S/c1-4-14-7-8-15(13(14)3)18-16-19-17(11-20-16)9-5-6-12(2)10-17/h12-15H,4-11H2,1-3H3,(H,18,19). The zero-order valence-electron chi connectivity index (χ0n) is 13.3. The fourth-order valence-electron chi connectivity index (χ4n) is 4.61. The van der Waals surface area contributed by atoms with Crippen LogP contribution in [-0.2, 0) is 0 Å². The zero-order chi connectivity index (χ0) is 14.2. The number of nitrogens with zero attached hydrogens (tertiary/aromatic N) is 1.